The molecular weight excluding hydrogens is 553 g/mol. The van der Waals surface area contributed by atoms with Crippen LogP contribution in [0.2, 0.25) is 0 Å². The maximum absolute atomic E-state index is 10.8. The molecule has 0 aromatic heterocycles. The van der Waals surface area contributed by atoms with Gasteiger partial charge < -0.3 is 24.4 Å². The Kier molecular flexibility index (Phi) is 25.7. The number of aliphatic hydroxyl groups excluding tert-OH is 2. The molecule has 0 unspecified atom stereocenters. The molecule has 1 aliphatic heterocycles. The van der Waals surface area contributed by atoms with Crippen LogP contribution in [0, 0.1) is 0 Å². The molecule has 0 aromatic rings. The molecule has 0 amide bonds. The van der Waals surface area contributed by atoms with Crippen LogP contribution in [-0.4, -0.2) is 57.9 Å². The van der Waals surface area contributed by atoms with Crippen molar-refractivity contribution in [2.24, 2.45) is 0 Å². The highest BCUT2D eigenvalue weighted by atomic mass is 32.1. The molecule has 242 valence electrons. The van der Waals surface area contributed by atoms with Crippen LogP contribution in [0.15, 0.2) is 0 Å². The van der Waals surface area contributed by atoms with Crippen LogP contribution in [0.3, 0.4) is 0 Å². The predicted octanol–water partition coefficient (Wildman–Crippen LogP) is 9.57. The average molecular weight is 617 g/mol. The summed E-state index contributed by atoms with van der Waals surface area (Å²) in [5.74, 6) is 0. The summed E-state index contributed by atoms with van der Waals surface area (Å²) in [6.07, 6.45) is 26.9. The zero-order chi connectivity index (χ0) is 30.0. The van der Waals surface area contributed by atoms with Crippen LogP contribution >= 0.6 is 24.4 Å². The maximum Gasteiger partial charge on any atom is 0.160 e. The van der Waals surface area contributed by atoms with Gasteiger partial charge in [-0.1, -0.05) is 142 Å². The summed E-state index contributed by atoms with van der Waals surface area (Å²) in [5.41, 5.74) is 0. The predicted molar refractivity (Wildman–Crippen MR) is 180 cm³/mol. The minimum absolute atomic E-state index is 0.232. The molecule has 0 aliphatic carbocycles. The lowest BCUT2D eigenvalue weighted by molar-refractivity contribution is -0.0615. The highest BCUT2D eigenvalue weighted by Crippen LogP contribution is 2.24. The lowest BCUT2D eigenvalue weighted by atomic mass is 10.0. The SMILES string of the molecule is CCCCCCCCCCCCCC(=S)O[C@@H](CO)[C@@H]1OC[C@@H](OC(=S)CCCCCCCCCCCCC)[C@@H]1O. The molecule has 1 aliphatic rings. The van der Waals surface area contributed by atoms with Crippen LogP contribution in [0.4, 0.5) is 0 Å². The Hall–Kier alpha value is -0.340. The second-order valence-electron chi connectivity index (χ2n) is 12.1. The molecule has 0 radical (unpaired) electrons. The van der Waals surface area contributed by atoms with E-state index in [0.717, 1.165) is 32.1 Å². The number of ether oxygens (including phenoxy) is 3. The van der Waals surface area contributed by atoms with Gasteiger partial charge in [-0.3, -0.25) is 0 Å². The zero-order valence-electron chi connectivity index (χ0n) is 26.6. The Balaban J connectivity index is 2.11. The van der Waals surface area contributed by atoms with E-state index < -0.39 is 24.4 Å². The monoisotopic (exact) mass is 616 g/mol. The molecule has 0 spiro atoms. The summed E-state index contributed by atoms with van der Waals surface area (Å²) in [6, 6.07) is 0. The Morgan fingerprint density at radius 1 is 0.659 bits per heavy atom. The van der Waals surface area contributed by atoms with Crippen LogP contribution in [0.5, 0.6) is 0 Å². The minimum atomic E-state index is -0.910. The molecule has 5 nitrogen and oxygen atoms in total. The summed E-state index contributed by atoms with van der Waals surface area (Å²) < 4.78 is 17.5. The van der Waals surface area contributed by atoms with Gasteiger partial charge in [-0.15, -0.1) is 0 Å². The highest BCUT2D eigenvalue weighted by molar-refractivity contribution is 7.80. The van der Waals surface area contributed by atoms with Crippen molar-refractivity contribution in [1.29, 1.82) is 0 Å². The lowest BCUT2D eigenvalue weighted by Gasteiger charge is -2.26. The number of hydrogen-bond acceptors (Lipinski definition) is 7. The smallest absolute Gasteiger partial charge is 0.160 e. The highest BCUT2D eigenvalue weighted by Gasteiger charge is 2.43. The fourth-order valence-electron chi connectivity index (χ4n) is 5.58. The van der Waals surface area contributed by atoms with Crippen LogP contribution in [-0.2, 0) is 14.2 Å². The van der Waals surface area contributed by atoms with Crippen molar-refractivity contribution in [2.45, 2.75) is 192 Å². The molecule has 4 atom stereocenters. The first-order chi connectivity index (χ1) is 20.0. The molecule has 0 saturated carbocycles. The van der Waals surface area contributed by atoms with Gasteiger partial charge in [0, 0.05) is 12.8 Å². The van der Waals surface area contributed by atoms with Crippen molar-refractivity contribution in [2.75, 3.05) is 13.2 Å². The molecule has 7 heteroatoms. The summed E-state index contributed by atoms with van der Waals surface area (Å²) >= 11 is 10.9. The number of hydrogen-bond donors (Lipinski definition) is 2. The Labute approximate surface area is 263 Å². The number of rotatable bonds is 28. The van der Waals surface area contributed by atoms with E-state index in [4.69, 9.17) is 38.6 Å². The van der Waals surface area contributed by atoms with E-state index in [1.807, 2.05) is 0 Å². The second kappa shape index (κ2) is 27.2. The maximum atomic E-state index is 10.8. The first-order valence-corrected chi connectivity index (χ1v) is 18.1. The van der Waals surface area contributed by atoms with Gasteiger partial charge in [0.1, 0.15) is 12.2 Å². The topological polar surface area (TPSA) is 68.2 Å². The van der Waals surface area contributed by atoms with Gasteiger partial charge in [-0.25, -0.2) is 0 Å². The van der Waals surface area contributed by atoms with E-state index in [-0.39, 0.29) is 13.2 Å². The fraction of sp³-hybridized carbons (Fsp3) is 0.941. The third kappa shape index (κ3) is 20.3. The fourth-order valence-corrected chi connectivity index (χ4v) is 6.11. The lowest BCUT2D eigenvalue weighted by Crippen LogP contribution is -2.43. The van der Waals surface area contributed by atoms with Gasteiger partial charge >= 0.3 is 0 Å². The zero-order valence-corrected chi connectivity index (χ0v) is 28.3. The van der Waals surface area contributed by atoms with Crippen LogP contribution in [0.25, 0.3) is 0 Å². The van der Waals surface area contributed by atoms with Crippen molar-refractivity contribution in [3.8, 4) is 0 Å². The van der Waals surface area contributed by atoms with Crippen LogP contribution < -0.4 is 0 Å². The molecule has 1 fully saturated rings. The van der Waals surface area contributed by atoms with Gasteiger partial charge in [-0.05, 0) is 37.3 Å². The molecule has 41 heavy (non-hydrogen) atoms. The summed E-state index contributed by atoms with van der Waals surface area (Å²) in [6.45, 7) is 4.48. The molecule has 0 bridgehead atoms. The van der Waals surface area contributed by atoms with Gasteiger partial charge in [0.05, 0.1) is 13.2 Å². The van der Waals surface area contributed by atoms with Gasteiger partial charge in [0.2, 0.25) is 0 Å². The van der Waals surface area contributed by atoms with Crippen molar-refractivity contribution < 1.29 is 24.4 Å². The van der Waals surface area contributed by atoms with E-state index in [0.29, 0.717) is 16.5 Å². The van der Waals surface area contributed by atoms with E-state index in [2.05, 4.69) is 13.8 Å². The van der Waals surface area contributed by atoms with Crippen molar-refractivity contribution in [3.05, 3.63) is 0 Å². The molecule has 2 N–H and O–H groups in total. The van der Waals surface area contributed by atoms with Gasteiger partial charge in [-0.2, -0.15) is 0 Å². The number of unbranched alkanes of at least 4 members (excludes halogenated alkanes) is 20. The first kappa shape index (κ1) is 38.7. The largest absolute Gasteiger partial charge is 0.479 e. The van der Waals surface area contributed by atoms with Crippen molar-refractivity contribution >= 4 is 34.5 Å². The van der Waals surface area contributed by atoms with Crippen LogP contribution in [0.1, 0.15) is 168 Å². The first-order valence-electron chi connectivity index (χ1n) is 17.3. The third-order valence-corrected chi connectivity index (χ3v) is 8.85. The molecule has 1 rings (SSSR count). The van der Waals surface area contributed by atoms with E-state index in [1.165, 1.54) is 116 Å². The third-order valence-electron chi connectivity index (χ3n) is 8.25. The Bertz CT molecular complexity index is 632. The Morgan fingerprint density at radius 2 is 1.05 bits per heavy atom. The molecule has 1 heterocycles. The summed E-state index contributed by atoms with van der Waals surface area (Å²) in [4.78, 5) is 0. The van der Waals surface area contributed by atoms with Crippen molar-refractivity contribution in [3.63, 3.8) is 0 Å². The summed E-state index contributed by atoms with van der Waals surface area (Å²) in [5, 5.41) is 21.7. The van der Waals surface area contributed by atoms with Gasteiger partial charge in [0.15, 0.2) is 22.3 Å². The average Bonchev–Trinajstić information content (AvgIpc) is 3.32. The van der Waals surface area contributed by atoms with E-state index >= 15 is 0 Å². The number of aliphatic hydroxyl groups is 2. The molecule has 1 saturated heterocycles. The minimum Gasteiger partial charge on any atom is -0.479 e. The van der Waals surface area contributed by atoms with Gasteiger partial charge in [0.25, 0.3) is 0 Å². The van der Waals surface area contributed by atoms with E-state index in [9.17, 15) is 10.2 Å². The Morgan fingerprint density at radius 3 is 1.46 bits per heavy atom. The van der Waals surface area contributed by atoms with E-state index in [1.54, 1.807) is 0 Å². The molecule has 0 aromatic carbocycles. The quantitative estimate of drug-likeness (QED) is 0.0670. The summed E-state index contributed by atoms with van der Waals surface area (Å²) in [7, 11) is 0. The van der Waals surface area contributed by atoms with Crippen molar-refractivity contribution in [1.82, 2.24) is 0 Å². The number of thiocarbonyl (C=S) groups is 2. The normalized spacial score (nSPS) is 19.4. The molecular formula is C34H64O5S2. The second-order valence-corrected chi connectivity index (χ2v) is 13.0. The standard InChI is InChI=1S/C34H64O5S2/c1-3-5-7-9-11-13-15-17-19-21-23-25-31(40)38-29(27-35)34-33(36)30(28-37-34)39-32(41)26-24-22-20-18-16-14-12-10-8-6-4-2/h29-30,33-36H,3-28H2,1-2H3/t29-,30+,33-,34-/m0/s1.